The Labute approximate surface area is 131 Å². The molecule has 0 atom stereocenters. The van der Waals surface area contributed by atoms with Gasteiger partial charge in [0, 0.05) is 16.7 Å². The second-order valence-electron chi connectivity index (χ2n) is 4.14. The highest BCUT2D eigenvalue weighted by atomic mass is 16.4. The van der Waals surface area contributed by atoms with Crippen LogP contribution in [0.3, 0.4) is 0 Å². The fraction of sp³-hybridized carbons (Fsp3) is 0.438. The SMILES string of the molecule is C=C(CC)C(=O)O.CC=C(C)C(=O)O.CCC=C(C)C(=O)O. The van der Waals surface area contributed by atoms with E-state index in [1.54, 1.807) is 39.8 Å². The zero-order valence-corrected chi connectivity index (χ0v) is 13.8. The van der Waals surface area contributed by atoms with Crippen LogP contribution in [0, 0.1) is 0 Å². The molecule has 0 saturated carbocycles. The monoisotopic (exact) mass is 314 g/mol. The van der Waals surface area contributed by atoms with Crippen LogP contribution in [0.5, 0.6) is 0 Å². The van der Waals surface area contributed by atoms with E-state index in [-0.39, 0.29) is 5.57 Å². The number of rotatable bonds is 5. The highest BCUT2D eigenvalue weighted by Gasteiger charge is 1.96. The topological polar surface area (TPSA) is 112 Å². The largest absolute Gasteiger partial charge is 0.478 e. The Kier molecular flexibility index (Phi) is 16.8. The zero-order chi connectivity index (χ0) is 18.3. The van der Waals surface area contributed by atoms with Gasteiger partial charge >= 0.3 is 17.9 Å². The zero-order valence-electron chi connectivity index (χ0n) is 13.8. The quantitative estimate of drug-likeness (QED) is 0.669. The van der Waals surface area contributed by atoms with E-state index in [4.69, 9.17) is 15.3 Å². The van der Waals surface area contributed by atoms with E-state index in [9.17, 15) is 14.4 Å². The van der Waals surface area contributed by atoms with Crippen LogP contribution in [0.2, 0.25) is 0 Å². The summed E-state index contributed by atoms with van der Waals surface area (Å²) in [6.07, 6.45) is 4.55. The van der Waals surface area contributed by atoms with Crippen molar-refractivity contribution in [2.75, 3.05) is 0 Å². The molecule has 0 aromatic rings. The average Bonchev–Trinajstić information content (AvgIpc) is 2.46. The molecule has 6 nitrogen and oxygen atoms in total. The van der Waals surface area contributed by atoms with Crippen molar-refractivity contribution in [3.05, 3.63) is 35.5 Å². The number of carboxylic acids is 3. The molecular formula is C16H26O6. The average molecular weight is 314 g/mol. The molecule has 0 aromatic heterocycles. The Morgan fingerprint density at radius 1 is 0.909 bits per heavy atom. The summed E-state index contributed by atoms with van der Waals surface area (Å²) in [6, 6.07) is 0. The first-order valence-corrected chi connectivity index (χ1v) is 6.72. The molecule has 22 heavy (non-hydrogen) atoms. The lowest BCUT2D eigenvalue weighted by Gasteiger charge is -1.87. The van der Waals surface area contributed by atoms with Crippen LogP contribution in [0.1, 0.15) is 47.5 Å². The number of allylic oxidation sites excluding steroid dienone is 2. The maximum absolute atomic E-state index is 10.0. The third-order valence-electron chi connectivity index (χ3n) is 2.35. The Morgan fingerprint density at radius 2 is 1.32 bits per heavy atom. The molecular weight excluding hydrogens is 288 g/mol. The maximum Gasteiger partial charge on any atom is 0.330 e. The van der Waals surface area contributed by atoms with E-state index in [2.05, 4.69) is 6.58 Å². The molecule has 0 radical (unpaired) electrons. The molecule has 0 rings (SSSR count). The summed E-state index contributed by atoms with van der Waals surface area (Å²) >= 11 is 0. The minimum Gasteiger partial charge on any atom is -0.478 e. The number of aliphatic carboxylic acids is 3. The number of carboxylic acid groups (broad SMARTS) is 3. The predicted molar refractivity (Wildman–Crippen MR) is 85.8 cm³/mol. The van der Waals surface area contributed by atoms with Crippen LogP contribution in [0.15, 0.2) is 35.5 Å². The number of carbonyl (C=O) groups is 3. The van der Waals surface area contributed by atoms with Crippen molar-refractivity contribution in [2.45, 2.75) is 47.5 Å². The van der Waals surface area contributed by atoms with Crippen molar-refractivity contribution in [3.63, 3.8) is 0 Å². The van der Waals surface area contributed by atoms with Gasteiger partial charge in [-0.2, -0.15) is 0 Å². The predicted octanol–water partition coefficient (Wildman–Crippen LogP) is 3.50. The van der Waals surface area contributed by atoms with Crippen LogP contribution in [0.25, 0.3) is 0 Å². The standard InChI is InChI=1S/C6H10O2.2C5H8O2/c1-3-4-5(2)6(7)8;2*1-3-4(2)5(6)7/h4H,3H2,1-2H3,(H,7,8);3H,1-2H3,(H,6,7);2-3H2,1H3,(H,6,7). The number of hydrogen-bond acceptors (Lipinski definition) is 3. The molecule has 0 unspecified atom stereocenters. The summed E-state index contributed by atoms with van der Waals surface area (Å²) in [7, 11) is 0. The van der Waals surface area contributed by atoms with Gasteiger partial charge in [-0.25, -0.2) is 14.4 Å². The molecule has 0 aromatic carbocycles. The van der Waals surface area contributed by atoms with Gasteiger partial charge in [-0.3, -0.25) is 0 Å². The van der Waals surface area contributed by atoms with Crippen LogP contribution in [0.4, 0.5) is 0 Å². The molecule has 0 spiro atoms. The molecule has 0 amide bonds. The Bertz CT molecular complexity index is 444. The summed E-state index contributed by atoms with van der Waals surface area (Å²) in [4.78, 5) is 29.7. The molecule has 6 heteroatoms. The summed E-state index contributed by atoms with van der Waals surface area (Å²) < 4.78 is 0. The van der Waals surface area contributed by atoms with Crippen molar-refractivity contribution in [2.24, 2.45) is 0 Å². The third-order valence-corrected chi connectivity index (χ3v) is 2.35. The molecule has 0 fully saturated rings. The van der Waals surface area contributed by atoms with Crippen LogP contribution in [-0.2, 0) is 14.4 Å². The minimum atomic E-state index is -0.900. The Hall–Kier alpha value is -2.37. The van der Waals surface area contributed by atoms with Gasteiger partial charge in [0.1, 0.15) is 0 Å². The molecule has 0 aliphatic carbocycles. The van der Waals surface area contributed by atoms with Crippen molar-refractivity contribution in [1.29, 1.82) is 0 Å². The first kappa shape index (κ1) is 24.6. The van der Waals surface area contributed by atoms with E-state index >= 15 is 0 Å². The second-order valence-corrected chi connectivity index (χ2v) is 4.14. The maximum atomic E-state index is 10.0. The van der Waals surface area contributed by atoms with E-state index in [0.717, 1.165) is 6.42 Å². The third kappa shape index (κ3) is 17.6. The summed E-state index contributed by atoms with van der Waals surface area (Å²) in [5.41, 5.74) is 1.08. The first-order chi connectivity index (χ1) is 10.0. The second kappa shape index (κ2) is 15.0. The lowest BCUT2D eigenvalue weighted by molar-refractivity contribution is -0.133. The fourth-order valence-electron chi connectivity index (χ4n) is 0.668. The van der Waals surface area contributed by atoms with Crippen LogP contribution in [-0.4, -0.2) is 33.2 Å². The van der Waals surface area contributed by atoms with Gasteiger partial charge in [-0.05, 0) is 33.6 Å². The molecule has 3 N–H and O–H groups in total. The Balaban J connectivity index is -0.000000247. The van der Waals surface area contributed by atoms with Gasteiger partial charge in [-0.1, -0.05) is 32.6 Å². The van der Waals surface area contributed by atoms with E-state index in [1.165, 1.54) is 0 Å². The van der Waals surface area contributed by atoms with Crippen molar-refractivity contribution in [3.8, 4) is 0 Å². The van der Waals surface area contributed by atoms with Crippen molar-refractivity contribution < 1.29 is 29.7 Å². The summed E-state index contributed by atoms with van der Waals surface area (Å²) in [5, 5.41) is 24.4. The lowest BCUT2D eigenvalue weighted by Crippen LogP contribution is -1.95. The highest BCUT2D eigenvalue weighted by molar-refractivity contribution is 5.86. The molecule has 0 bridgehead atoms. The summed E-state index contributed by atoms with van der Waals surface area (Å²) in [5.74, 6) is -2.57. The van der Waals surface area contributed by atoms with Gasteiger partial charge in [-0.15, -0.1) is 0 Å². The normalized spacial score (nSPS) is 10.4. The van der Waals surface area contributed by atoms with Gasteiger partial charge in [0.15, 0.2) is 0 Å². The fourth-order valence-corrected chi connectivity index (χ4v) is 0.668. The Morgan fingerprint density at radius 3 is 1.36 bits per heavy atom. The molecule has 126 valence electrons. The molecule has 0 aliphatic rings. The summed E-state index contributed by atoms with van der Waals surface area (Å²) in [6.45, 7) is 11.8. The van der Waals surface area contributed by atoms with Gasteiger partial charge in [0.2, 0.25) is 0 Å². The lowest BCUT2D eigenvalue weighted by atomic mass is 10.2. The van der Waals surface area contributed by atoms with Gasteiger partial charge in [0.05, 0.1) is 0 Å². The van der Waals surface area contributed by atoms with Crippen LogP contribution < -0.4 is 0 Å². The van der Waals surface area contributed by atoms with E-state index in [0.29, 0.717) is 17.6 Å². The van der Waals surface area contributed by atoms with Gasteiger partial charge in [0.25, 0.3) is 0 Å². The van der Waals surface area contributed by atoms with E-state index < -0.39 is 17.9 Å². The smallest absolute Gasteiger partial charge is 0.330 e. The van der Waals surface area contributed by atoms with E-state index in [1.807, 2.05) is 6.92 Å². The molecule has 0 heterocycles. The minimum absolute atomic E-state index is 0.264. The van der Waals surface area contributed by atoms with Gasteiger partial charge < -0.3 is 15.3 Å². The van der Waals surface area contributed by atoms with Crippen LogP contribution >= 0.6 is 0 Å². The van der Waals surface area contributed by atoms with Crippen molar-refractivity contribution in [1.82, 2.24) is 0 Å². The number of hydrogen-bond donors (Lipinski definition) is 3. The first-order valence-electron chi connectivity index (χ1n) is 6.72. The highest BCUT2D eigenvalue weighted by Crippen LogP contribution is 1.93. The molecule has 0 saturated heterocycles. The molecule has 0 aliphatic heterocycles. The van der Waals surface area contributed by atoms with Crippen molar-refractivity contribution >= 4 is 17.9 Å².